The first-order valence-electron chi connectivity index (χ1n) is 10.8. The lowest BCUT2D eigenvalue weighted by molar-refractivity contribution is 0.157. The number of rotatable bonds is 5. The lowest BCUT2D eigenvalue weighted by Crippen LogP contribution is -2.36. The highest BCUT2D eigenvalue weighted by atomic mass is 15.2. The van der Waals surface area contributed by atoms with Crippen molar-refractivity contribution in [3.05, 3.63) is 72.2 Å². The molecule has 4 aromatic rings. The van der Waals surface area contributed by atoms with Gasteiger partial charge < -0.3 is 16.0 Å². The zero-order chi connectivity index (χ0) is 21.2. The largest absolute Gasteiger partial charge is 0.368 e. The highest BCUT2D eigenvalue weighted by molar-refractivity contribution is 5.83. The molecule has 7 nitrogen and oxygen atoms in total. The Morgan fingerprint density at radius 1 is 1.00 bits per heavy atom. The number of nitrogens with zero attached hydrogens (tertiary/aromatic N) is 4. The number of H-pyrrole nitrogens is 1. The van der Waals surface area contributed by atoms with Crippen LogP contribution in [0.25, 0.3) is 10.9 Å². The van der Waals surface area contributed by atoms with Gasteiger partial charge in [-0.05, 0) is 62.5 Å². The molecule has 0 radical (unpaired) electrons. The molecule has 1 aliphatic heterocycles. The lowest BCUT2D eigenvalue weighted by Gasteiger charge is -2.35. The van der Waals surface area contributed by atoms with Crippen LogP contribution < -0.4 is 11.1 Å². The molecular weight excluding hydrogens is 386 g/mol. The summed E-state index contributed by atoms with van der Waals surface area (Å²) in [5.41, 5.74) is 9.56. The van der Waals surface area contributed by atoms with Gasteiger partial charge in [-0.1, -0.05) is 36.4 Å². The number of nitrogens with one attached hydrogen (secondary N) is 2. The first kappa shape index (κ1) is 19.5. The summed E-state index contributed by atoms with van der Waals surface area (Å²) in [6.07, 6.45) is 4.41. The van der Waals surface area contributed by atoms with E-state index in [1.807, 2.05) is 30.3 Å². The van der Waals surface area contributed by atoms with E-state index in [1.54, 1.807) is 0 Å². The predicted octanol–water partition coefficient (Wildman–Crippen LogP) is 4.62. The third-order valence-electron chi connectivity index (χ3n) is 6.21. The van der Waals surface area contributed by atoms with Gasteiger partial charge in [0, 0.05) is 22.8 Å². The Morgan fingerprint density at radius 3 is 2.55 bits per heavy atom. The van der Waals surface area contributed by atoms with Crippen molar-refractivity contribution in [1.29, 1.82) is 0 Å². The van der Waals surface area contributed by atoms with Crippen molar-refractivity contribution in [3.63, 3.8) is 0 Å². The second kappa shape index (κ2) is 8.35. The van der Waals surface area contributed by atoms with Crippen molar-refractivity contribution < 1.29 is 0 Å². The standard InChI is InChI=1S/C24H27N7/c1-16(22-28-23(25)30-24(29-22)27-18-7-3-2-4-8-18)31-13-11-17(12-14-31)20-15-26-21-10-6-5-9-19(20)21/h2-10,15-17,26H,11-14H2,1H3,(H3,25,27,28,29,30). The summed E-state index contributed by atoms with van der Waals surface area (Å²) in [6, 6.07) is 18.5. The maximum absolute atomic E-state index is 6.00. The van der Waals surface area contributed by atoms with Crippen LogP contribution in [-0.2, 0) is 0 Å². The van der Waals surface area contributed by atoms with E-state index in [2.05, 4.69) is 67.5 Å². The van der Waals surface area contributed by atoms with E-state index in [4.69, 9.17) is 5.73 Å². The Morgan fingerprint density at radius 2 is 1.74 bits per heavy atom. The average molecular weight is 414 g/mol. The van der Waals surface area contributed by atoms with E-state index < -0.39 is 0 Å². The second-order valence-corrected chi connectivity index (χ2v) is 8.14. The fourth-order valence-electron chi connectivity index (χ4n) is 4.50. The van der Waals surface area contributed by atoms with E-state index in [0.717, 1.165) is 31.6 Å². The predicted molar refractivity (Wildman–Crippen MR) is 124 cm³/mol. The minimum absolute atomic E-state index is 0.0746. The third-order valence-corrected chi connectivity index (χ3v) is 6.21. The summed E-state index contributed by atoms with van der Waals surface area (Å²) in [4.78, 5) is 19.2. The molecule has 1 fully saturated rings. The number of aromatic nitrogens is 4. The molecule has 1 saturated heterocycles. The number of likely N-dealkylation sites (tertiary alicyclic amines) is 1. The third kappa shape index (κ3) is 4.09. The van der Waals surface area contributed by atoms with E-state index in [1.165, 1.54) is 16.5 Å². The summed E-state index contributed by atoms with van der Waals surface area (Å²) >= 11 is 0. The molecule has 1 unspecified atom stereocenters. The SMILES string of the molecule is CC(c1nc(N)nc(Nc2ccccc2)n1)N1CCC(c2c[nH]c3ccccc23)CC1. The smallest absolute Gasteiger partial charge is 0.232 e. The van der Waals surface area contributed by atoms with E-state index in [0.29, 0.717) is 17.7 Å². The van der Waals surface area contributed by atoms with Crippen LogP contribution in [0, 0.1) is 0 Å². The van der Waals surface area contributed by atoms with Crippen molar-refractivity contribution in [2.24, 2.45) is 0 Å². The quantitative estimate of drug-likeness (QED) is 0.442. The molecule has 0 amide bonds. The number of hydrogen-bond donors (Lipinski definition) is 3. The summed E-state index contributed by atoms with van der Waals surface area (Å²) in [5.74, 6) is 1.99. The fraction of sp³-hybridized carbons (Fsp3) is 0.292. The van der Waals surface area contributed by atoms with Crippen molar-refractivity contribution in [2.75, 3.05) is 24.1 Å². The van der Waals surface area contributed by atoms with Gasteiger partial charge in [0.25, 0.3) is 0 Å². The Balaban J connectivity index is 1.28. The molecule has 2 aromatic carbocycles. The van der Waals surface area contributed by atoms with E-state index >= 15 is 0 Å². The maximum Gasteiger partial charge on any atom is 0.232 e. The van der Waals surface area contributed by atoms with Crippen molar-refractivity contribution in [1.82, 2.24) is 24.8 Å². The highest BCUT2D eigenvalue weighted by Crippen LogP contribution is 2.35. The fourth-order valence-corrected chi connectivity index (χ4v) is 4.50. The zero-order valence-corrected chi connectivity index (χ0v) is 17.6. The number of para-hydroxylation sites is 2. The molecule has 0 spiro atoms. The van der Waals surface area contributed by atoms with Gasteiger partial charge in [-0.25, -0.2) is 0 Å². The van der Waals surface area contributed by atoms with Gasteiger partial charge in [0.1, 0.15) is 0 Å². The molecule has 4 N–H and O–H groups in total. The van der Waals surface area contributed by atoms with Gasteiger partial charge in [-0.3, -0.25) is 4.90 Å². The van der Waals surface area contributed by atoms with E-state index in [9.17, 15) is 0 Å². The minimum atomic E-state index is 0.0746. The monoisotopic (exact) mass is 413 g/mol. The Kier molecular flexibility index (Phi) is 5.26. The number of nitrogens with two attached hydrogens (primary N) is 1. The van der Waals surface area contributed by atoms with Crippen LogP contribution in [0.5, 0.6) is 0 Å². The molecule has 158 valence electrons. The second-order valence-electron chi connectivity index (χ2n) is 8.14. The first-order valence-corrected chi connectivity index (χ1v) is 10.8. The number of benzene rings is 2. The minimum Gasteiger partial charge on any atom is -0.368 e. The van der Waals surface area contributed by atoms with Crippen LogP contribution in [0.3, 0.4) is 0 Å². The highest BCUT2D eigenvalue weighted by Gasteiger charge is 2.27. The summed E-state index contributed by atoms with van der Waals surface area (Å²) in [6.45, 7) is 4.14. The van der Waals surface area contributed by atoms with Crippen molar-refractivity contribution in [2.45, 2.75) is 31.7 Å². The average Bonchev–Trinajstić information content (AvgIpc) is 3.23. The van der Waals surface area contributed by atoms with Gasteiger partial charge in [0.05, 0.1) is 6.04 Å². The van der Waals surface area contributed by atoms with Gasteiger partial charge in [-0.2, -0.15) is 15.0 Å². The van der Waals surface area contributed by atoms with Crippen LogP contribution >= 0.6 is 0 Å². The molecule has 2 aromatic heterocycles. The Bertz CT molecular complexity index is 1160. The van der Waals surface area contributed by atoms with Crippen LogP contribution in [0.15, 0.2) is 60.8 Å². The molecule has 0 bridgehead atoms. The van der Waals surface area contributed by atoms with Crippen LogP contribution in [0.1, 0.15) is 43.1 Å². The number of piperidine rings is 1. The van der Waals surface area contributed by atoms with Crippen LogP contribution in [0.2, 0.25) is 0 Å². The van der Waals surface area contributed by atoms with Crippen LogP contribution in [0.4, 0.5) is 17.6 Å². The number of anilines is 3. The lowest BCUT2D eigenvalue weighted by atomic mass is 9.88. The number of fused-ring (bicyclic) bond motifs is 1. The van der Waals surface area contributed by atoms with Crippen LogP contribution in [-0.4, -0.2) is 37.9 Å². The Hall–Kier alpha value is -3.45. The van der Waals surface area contributed by atoms with Gasteiger partial charge in [0.15, 0.2) is 5.82 Å². The molecule has 3 heterocycles. The van der Waals surface area contributed by atoms with Gasteiger partial charge in [-0.15, -0.1) is 0 Å². The van der Waals surface area contributed by atoms with Crippen molar-refractivity contribution >= 4 is 28.5 Å². The summed E-state index contributed by atoms with van der Waals surface area (Å²) in [7, 11) is 0. The molecule has 1 aliphatic rings. The Labute approximate surface area is 181 Å². The van der Waals surface area contributed by atoms with Gasteiger partial charge >= 0.3 is 0 Å². The first-order chi connectivity index (χ1) is 15.2. The molecule has 0 saturated carbocycles. The number of aromatic amines is 1. The molecule has 0 aliphatic carbocycles. The topological polar surface area (TPSA) is 95.8 Å². The maximum atomic E-state index is 6.00. The normalized spacial score (nSPS) is 16.4. The van der Waals surface area contributed by atoms with E-state index in [-0.39, 0.29) is 12.0 Å². The number of hydrogen-bond acceptors (Lipinski definition) is 6. The molecule has 31 heavy (non-hydrogen) atoms. The molecule has 5 rings (SSSR count). The molecular formula is C24H27N7. The summed E-state index contributed by atoms with van der Waals surface area (Å²) < 4.78 is 0. The summed E-state index contributed by atoms with van der Waals surface area (Å²) in [5, 5.41) is 4.56. The van der Waals surface area contributed by atoms with Gasteiger partial charge in [0.2, 0.25) is 11.9 Å². The molecule has 1 atom stereocenters. The molecule has 7 heteroatoms. The zero-order valence-electron chi connectivity index (χ0n) is 17.6. The number of nitrogen functional groups attached to an aromatic ring is 1. The van der Waals surface area contributed by atoms with Crippen molar-refractivity contribution in [3.8, 4) is 0 Å².